The minimum Gasteiger partial charge on any atom is -0.368 e. The third-order valence-electron chi connectivity index (χ3n) is 4.87. The molecule has 0 unspecified atom stereocenters. The number of rotatable bonds is 2. The lowest BCUT2D eigenvalue weighted by molar-refractivity contribution is -0.122. The van der Waals surface area contributed by atoms with Crippen molar-refractivity contribution < 1.29 is 9.59 Å². The van der Waals surface area contributed by atoms with Crippen molar-refractivity contribution in [3.05, 3.63) is 77.9 Å². The van der Waals surface area contributed by atoms with Crippen LogP contribution in [0.4, 0.5) is 10.5 Å². The molecule has 0 bridgehead atoms. The first-order chi connectivity index (χ1) is 12.6. The van der Waals surface area contributed by atoms with Gasteiger partial charge in [0.05, 0.1) is 5.69 Å². The molecule has 3 amide bonds. The summed E-state index contributed by atoms with van der Waals surface area (Å²) in [5.41, 5.74) is 8.39. The molecule has 0 fully saturated rings. The number of benzene rings is 3. The molecule has 26 heavy (non-hydrogen) atoms. The fourth-order valence-electron chi connectivity index (χ4n) is 3.51. The average Bonchev–Trinajstić information content (AvgIpc) is 2.67. The van der Waals surface area contributed by atoms with Crippen molar-refractivity contribution in [1.82, 2.24) is 4.90 Å². The Hall–Kier alpha value is -3.34. The molecule has 5 heteroatoms. The van der Waals surface area contributed by atoms with Crippen molar-refractivity contribution >= 4 is 28.4 Å². The van der Waals surface area contributed by atoms with Crippen LogP contribution < -0.4 is 11.1 Å². The molecule has 130 valence electrons. The van der Waals surface area contributed by atoms with Crippen LogP contribution in [0, 0.1) is 0 Å². The highest BCUT2D eigenvalue weighted by molar-refractivity contribution is 6.02. The molecule has 0 aliphatic carbocycles. The zero-order valence-electron chi connectivity index (χ0n) is 14.2. The Morgan fingerprint density at radius 1 is 0.923 bits per heavy atom. The van der Waals surface area contributed by atoms with Crippen LogP contribution in [0.1, 0.15) is 11.1 Å². The third kappa shape index (κ3) is 2.88. The first-order valence-electron chi connectivity index (χ1n) is 8.55. The summed E-state index contributed by atoms with van der Waals surface area (Å²) in [4.78, 5) is 26.4. The monoisotopic (exact) mass is 345 g/mol. The van der Waals surface area contributed by atoms with Gasteiger partial charge in [-0.05, 0) is 22.6 Å². The number of hydrogen-bond acceptors (Lipinski definition) is 2. The van der Waals surface area contributed by atoms with E-state index in [1.165, 1.54) is 4.90 Å². The zero-order chi connectivity index (χ0) is 18.1. The molecule has 0 aromatic heterocycles. The van der Waals surface area contributed by atoms with E-state index in [4.69, 9.17) is 5.73 Å². The Morgan fingerprint density at radius 2 is 1.62 bits per heavy atom. The maximum atomic E-state index is 12.9. The topological polar surface area (TPSA) is 75.4 Å². The van der Waals surface area contributed by atoms with Gasteiger partial charge in [0, 0.05) is 18.4 Å². The standard InChI is InChI=1S/C21H19N3O2/c22-20(25)19-12-15-7-1-2-8-16(15)13-24(19)21(26)23-18-11-5-9-14-6-3-4-10-17(14)18/h1-11,19H,12-13H2,(H2,22,25)(H,23,26)/t19-/m0/s1. The smallest absolute Gasteiger partial charge is 0.322 e. The molecule has 0 spiro atoms. The molecule has 3 N–H and O–H groups in total. The lowest BCUT2D eigenvalue weighted by atomic mass is 9.94. The summed E-state index contributed by atoms with van der Waals surface area (Å²) in [6, 6.07) is 20.4. The largest absolute Gasteiger partial charge is 0.368 e. The van der Waals surface area contributed by atoms with E-state index >= 15 is 0 Å². The van der Waals surface area contributed by atoms with E-state index in [1.807, 2.05) is 66.7 Å². The molecule has 1 aliphatic heterocycles. The van der Waals surface area contributed by atoms with Crippen LogP contribution in [0.2, 0.25) is 0 Å². The zero-order valence-corrected chi connectivity index (χ0v) is 14.2. The summed E-state index contributed by atoms with van der Waals surface area (Å²) in [6.07, 6.45) is 0.439. The van der Waals surface area contributed by atoms with Gasteiger partial charge in [0.25, 0.3) is 0 Å². The molecule has 5 nitrogen and oxygen atoms in total. The number of amides is 3. The first-order valence-corrected chi connectivity index (χ1v) is 8.55. The minimum atomic E-state index is -0.653. The Kier molecular flexibility index (Phi) is 4.05. The van der Waals surface area contributed by atoms with Gasteiger partial charge in [-0.25, -0.2) is 4.79 Å². The highest BCUT2D eigenvalue weighted by atomic mass is 16.2. The summed E-state index contributed by atoms with van der Waals surface area (Å²) in [5, 5.41) is 4.95. The number of nitrogens with one attached hydrogen (secondary N) is 1. The van der Waals surface area contributed by atoms with Crippen molar-refractivity contribution in [3.8, 4) is 0 Å². The highest BCUT2D eigenvalue weighted by Gasteiger charge is 2.33. The number of carbonyl (C=O) groups excluding carboxylic acids is 2. The Balaban J connectivity index is 1.65. The summed E-state index contributed by atoms with van der Waals surface area (Å²) in [5.74, 6) is -0.493. The quantitative estimate of drug-likeness (QED) is 0.748. The van der Waals surface area contributed by atoms with Gasteiger partial charge < -0.3 is 16.0 Å². The molecule has 1 aliphatic rings. The van der Waals surface area contributed by atoms with E-state index in [0.717, 1.165) is 27.6 Å². The highest BCUT2D eigenvalue weighted by Crippen LogP contribution is 2.26. The van der Waals surface area contributed by atoms with E-state index in [1.54, 1.807) is 0 Å². The molecular weight excluding hydrogens is 326 g/mol. The Bertz CT molecular complexity index is 994. The second-order valence-electron chi connectivity index (χ2n) is 6.48. The van der Waals surface area contributed by atoms with Gasteiger partial charge in [-0.2, -0.15) is 0 Å². The SMILES string of the molecule is NC(=O)[C@@H]1Cc2ccccc2CN1C(=O)Nc1cccc2ccccc12. The van der Waals surface area contributed by atoms with Crippen molar-refractivity contribution in [2.75, 3.05) is 5.32 Å². The fraction of sp³-hybridized carbons (Fsp3) is 0.143. The number of hydrogen-bond donors (Lipinski definition) is 2. The van der Waals surface area contributed by atoms with Crippen molar-refractivity contribution in [2.24, 2.45) is 5.73 Å². The minimum absolute atomic E-state index is 0.320. The van der Waals surface area contributed by atoms with Gasteiger partial charge >= 0.3 is 6.03 Å². The van der Waals surface area contributed by atoms with Gasteiger partial charge in [-0.3, -0.25) is 4.79 Å². The van der Waals surface area contributed by atoms with E-state index in [0.29, 0.717) is 13.0 Å². The number of carbonyl (C=O) groups is 2. The molecule has 0 saturated carbocycles. The number of nitrogens with zero attached hydrogens (tertiary/aromatic N) is 1. The molecule has 1 heterocycles. The number of nitrogens with two attached hydrogens (primary N) is 1. The number of anilines is 1. The number of fused-ring (bicyclic) bond motifs is 2. The summed E-state index contributed by atoms with van der Waals surface area (Å²) < 4.78 is 0. The van der Waals surface area contributed by atoms with Gasteiger partial charge in [-0.15, -0.1) is 0 Å². The molecule has 3 aromatic rings. The van der Waals surface area contributed by atoms with Crippen LogP contribution in [0.15, 0.2) is 66.7 Å². The maximum absolute atomic E-state index is 12.9. The van der Waals surface area contributed by atoms with E-state index in [2.05, 4.69) is 5.32 Å². The average molecular weight is 345 g/mol. The summed E-state index contributed by atoms with van der Waals surface area (Å²) in [6.45, 7) is 0.361. The second-order valence-corrected chi connectivity index (χ2v) is 6.48. The Morgan fingerprint density at radius 3 is 2.42 bits per heavy atom. The maximum Gasteiger partial charge on any atom is 0.322 e. The van der Waals surface area contributed by atoms with Gasteiger partial charge in [-0.1, -0.05) is 60.7 Å². The lowest BCUT2D eigenvalue weighted by Gasteiger charge is -2.35. The molecule has 1 atom stereocenters. The molecule has 4 rings (SSSR count). The number of urea groups is 1. The van der Waals surface area contributed by atoms with Crippen LogP contribution in [0.25, 0.3) is 10.8 Å². The normalized spacial score (nSPS) is 16.2. The van der Waals surface area contributed by atoms with Crippen LogP contribution >= 0.6 is 0 Å². The van der Waals surface area contributed by atoms with Gasteiger partial charge in [0.2, 0.25) is 5.91 Å². The van der Waals surface area contributed by atoms with Crippen LogP contribution in [0.5, 0.6) is 0 Å². The van der Waals surface area contributed by atoms with Crippen LogP contribution in [0.3, 0.4) is 0 Å². The molecular formula is C21H19N3O2. The van der Waals surface area contributed by atoms with Gasteiger partial charge in [0.15, 0.2) is 0 Å². The van der Waals surface area contributed by atoms with E-state index in [9.17, 15) is 9.59 Å². The van der Waals surface area contributed by atoms with Crippen LogP contribution in [-0.4, -0.2) is 22.9 Å². The molecule has 0 radical (unpaired) electrons. The van der Waals surface area contributed by atoms with Crippen molar-refractivity contribution in [3.63, 3.8) is 0 Å². The van der Waals surface area contributed by atoms with E-state index < -0.39 is 11.9 Å². The number of primary amides is 1. The fourth-order valence-corrected chi connectivity index (χ4v) is 3.51. The van der Waals surface area contributed by atoms with E-state index in [-0.39, 0.29) is 6.03 Å². The Labute approximate surface area is 151 Å². The summed E-state index contributed by atoms with van der Waals surface area (Å²) >= 11 is 0. The van der Waals surface area contributed by atoms with Crippen LogP contribution in [-0.2, 0) is 17.8 Å². The molecule has 0 saturated heterocycles. The summed E-state index contributed by atoms with van der Waals surface area (Å²) in [7, 11) is 0. The molecule has 3 aromatic carbocycles. The van der Waals surface area contributed by atoms with Gasteiger partial charge in [0.1, 0.15) is 6.04 Å². The predicted molar refractivity (Wildman–Crippen MR) is 102 cm³/mol. The third-order valence-corrected chi connectivity index (χ3v) is 4.87. The second kappa shape index (κ2) is 6.52. The van der Waals surface area contributed by atoms with Crippen molar-refractivity contribution in [1.29, 1.82) is 0 Å². The predicted octanol–water partition coefficient (Wildman–Crippen LogP) is 3.28. The first kappa shape index (κ1) is 16.1. The van der Waals surface area contributed by atoms with Crippen molar-refractivity contribution in [2.45, 2.75) is 19.0 Å². The lowest BCUT2D eigenvalue weighted by Crippen LogP contribution is -2.52.